The smallest absolute Gasteiger partial charge is 0.191 e. The zero-order valence-corrected chi connectivity index (χ0v) is 11.5. The number of rotatable bonds is 4. The third-order valence-corrected chi connectivity index (χ3v) is 3.50. The number of aromatic nitrogens is 3. The fourth-order valence-corrected chi connectivity index (χ4v) is 2.09. The number of aliphatic imine (C=N–C) groups is 1. The summed E-state index contributed by atoms with van der Waals surface area (Å²) >= 11 is 0. The molecule has 0 saturated heterocycles. The van der Waals surface area contributed by atoms with Crippen LogP contribution in [0.3, 0.4) is 0 Å². The summed E-state index contributed by atoms with van der Waals surface area (Å²) in [4.78, 5) is 10.7. The zero-order chi connectivity index (χ0) is 13.9. The van der Waals surface area contributed by atoms with Gasteiger partial charge in [-0.2, -0.15) is 5.10 Å². The molecular weight excluding hydrogens is 252 g/mol. The van der Waals surface area contributed by atoms with Crippen LogP contribution in [0.2, 0.25) is 0 Å². The molecule has 0 atom stereocenters. The van der Waals surface area contributed by atoms with Gasteiger partial charge in [0.2, 0.25) is 0 Å². The van der Waals surface area contributed by atoms with E-state index < -0.39 is 0 Å². The predicted molar refractivity (Wildman–Crippen MR) is 77.9 cm³/mol. The van der Waals surface area contributed by atoms with E-state index in [-0.39, 0.29) is 0 Å². The summed E-state index contributed by atoms with van der Waals surface area (Å²) in [5.41, 5.74) is 8.09. The van der Waals surface area contributed by atoms with Crippen LogP contribution < -0.4 is 5.73 Å². The normalized spacial score (nSPS) is 15.3. The van der Waals surface area contributed by atoms with Gasteiger partial charge in [0.1, 0.15) is 6.33 Å². The van der Waals surface area contributed by atoms with Gasteiger partial charge in [0.05, 0.1) is 6.54 Å². The van der Waals surface area contributed by atoms with Crippen molar-refractivity contribution in [2.75, 3.05) is 7.05 Å². The molecule has 0 amide bonds. The summed E-state index contributed by atoms with van der Waals surface area (Å²) in [6, 6.07) is 8.65. The molecule has 6 heteroatoms. The number of nitrogens with zero attached hydrogens (tertiary/aromatic N) is 4. The van der Waals surface area contributed by atoms with Crippen molar-refractivity contribution < 1.29 is 0 Å². The van der Waals surface area contributed by atoms with E-state index in [0.717, 1.165) is 17.0 Å². The lowest BCUT2D eigenvalue weighted by atomic mass is 10.1. The maximum Gasteiger partial charge on any atom is 0.191 e. The molecule has 6 nitrogen and oxygen atoms in total. The third-order valence-electron chi connectivity index (χ3n) is 3.50. The Kier molecular flexibility index (Phi) is 3.37. The van der Waals surface area contributed by atoms with Gasteiger partial charge in [0.25, 0.3) is 0 Å². The number of benzene rings is 1. The first-order valence-corrected chi connectivity index (χ1v) is 6.71. The summed E-state index contributed by atoms with van der Waals surface area (Å²) in [6.07, 6.45) is 3.93. The largest absolute Gasteiger partial charge is 0.370 e. The molecule has 0 bridgehead atoms. The molecule has 1 aliphatic carbocycles. The highest BCUT2D eigenvalue weighted by molar-refractivity contribution is 5.78. The van der Waals surface area contributed by atoms with Gasteiger partial charge in [0, 0.05) is 18.7 Å². The van der Waals surface area contributed by atoms with Crippen molar-refractivity contribution in [3.63, 3.8) is 0 Å². The molecule has 20 heavy (non-hydrogen) atoms. The van der Waals surface area contributed by atoms with Crippen molar-refractivity contribution in [3.05, 3.63) is 36.2 Å². The Morgan fingerprint density at radius 1 is 1.50 bits per heavy atom. The molecule has 1 aromatic heterocycles. The molecule has 3 N–H and O–H groups in total. The van der Waals surface area contributed by atoms with Gasteiger partial charge in [0.15, 0.2) is 11.8 Å². The second kappa shape index (κ2) is 5.32. The van der Waals surface area contributed by atoms with Crippen LogP contribution in [0.1, 0.15) is 18.4 Å². The molecule has 1 aromatic carbocycles. The van der Waals surface area contributed by atoms with Crippen LogP contribution in [0.25, 0.3) is 11.4 Å². The summed E-state index contributed by atoms with van der Waals surface area (Å²) in [6.45, 7) is 0.574. The lowest BCUT2D eigenvalue weighted by Gasteiger charge is -2.16. The molecule has 2 aromatic rings. The molecule has 1 heterocycles. The molecular formula is C14H18N6. The van der Waals surface area contributed by atoms with E-state index in [2.05, 4.69) is 31.1 Å². The lowest BCUT2D eigenvalue weighted by molar-refractivity contribution is 0.487. The summed E-state index contributed by atoms with van der Waals surface area (Å²) in [5, 5.41) is 6.72. The SMILES string of the molecule is CN(C(N)=NCc1cccc(-c2ncn[nH]2)c1)C1CC1. The fraction of sp³-hybridized carbons (Fsp3) is 0.357. The number of nitrogens with one attached hydrogen (secondary N) is 1. The highest BCUT2D eigenvalue weighted by Gasteiger charge is 2.27. The van der Waals surface area contributed by atoms with Crippen molar-refractivity contribution in [2.24, 2.45) is 10.7 Å². The average molecular weight is 270 g/mol. The standard InChI is InChI=1S/C14H18N6/c1-20(12-5-6-12)14(15)16-8-10-3-2-4-11(7-10)13-17-9-18-19-13/h2-4,7,9,12H,5-6,8H2,1H3,(H2,15,16)(H,17,18,19). The van der Waals surface area contributed by atoms with Crippen LogP contribution in [0.4, 0.5) is 0 Å². The Morgan fingerprint density at radius 2 is 2.35 bits per heavy atom. The van der Waals surface area contributed by atoms with E-state index in [9.17, 15) is 0 Å². The fourth-order valence-electron chi connectivity index (χ4n) is 2.09. The number of aromatic amines is 1. The minimum Gasteiger partial charge on any atom is -0.370 e. The van der Waals surface area contributed by atoms with Gasteiger partial charge < -0.3 is 10.6 Å². The lowest BCUT2D eigenvalue weighted by Crippen LogP contribution is -2.35. The van der Waals surface area contributed by atoms with Gasteiger partial charge in [-0.05, 0) is 24.5 Å². The number of nitrogens with two attached hydrogens (primary N) is 1. The molecule has 0 unspecified atom stereocenters. The van der Waals surface area contributed by atoms with Crippen molar-refractivity contribution in [1.29, 1.82) is 0 Å². The Balaban J connectivity index is 1.71. The van der Waals surface area contributed by atoms with Gasteiger partial charge in [-0.1, -0.05) is 18.2 Å². The van der Waals surface area contributed by atoms with Crippen molar-refractivity contribution in [1.82, 2.24) is 20.1 Å². The Labute approximate surface area is 117 Å². The molecule has 0 spiro atoms. The number of guanidine groups is 1. The van der Waals surface area contributed by atoms with Crippen molar-refractivity contribution >= 4 is 5.96 Å². The van der Waals surface area contributed by atoms with Crippen molar-refractivity contribution in [2.45, 2.75) is 25.4 Å². The molecule has 3 rings (SSSR count). The maximum atomic E-state index is 5.99. The summed E-state index contributed by atoms with van der Waals surface area (Å²) in [7, 11) is 2.00. The second-order valence-electron chi connectivity index (χ2n) is 5.05. The van der Waals surface area contributed by atoms with E-state index >= 15 is 0 Å². The van der Waals surface area contributed by atoms with Crippen LogP contribution >= 0.6 is 0 Å². The Morgan fingerprint density at radius 3 is 3.05 bits per heavy atom. The number of hydrogen-bond acceptors (Lipinski definition) is 3. The Bertz CT molecular complexity index is 600. The molecule has 1 saturated carbocycles. The predicted octanol–water partition coefficient (Wildman–Crippen LogP) is 1.38. The van der Waals surface area contributed by atoms with Crippen LogP contribution in [0.15, 0.2) is 35.6 Å². The third kappa shape index (κ3) is 2.79. The van der Waals surface area contributed by atoms with Crippen molar-refractivity contribution in [3.8, 4) is 11.4 Å². The van der Waals surface area contributed by atoms with Crippen LogP contribution in [-0.4, -0.2) is 39.1 Å². The summed E-state index contributed by atoms with van der Waals surface area (Å²) < 4.78 is 0. The number of H-pyrrole nitrogens is 1. The molecule has 0 radical (unpaired) electrons. The first-order chi connectivity index (χ1) is 9.74. The summed E-state index contributed by atoms with van der Waals surface area (Å²) in [5.74, 6) is 1.37. The first-order valence-electron chi connectivity index (χ1n) is 6.71. The van der Waals surface area contributed by atoms with Gasteiger partial charge in [-0.25, -0.2) is 9.98 Å². The quantitative estimate of drug-likeness (QED) is 0.649. The molecule has 1 aliphatic rings. The zero-order valence-electron chi connectivity index (χ0n) is 11.5. The van der Waals surface area contributed by atoms with E-state index in [1.165, 1.54) is 19.2 Å². The molecule has 104 valence electrons. The highest BCUT2D eigenvalue weighted by Crippen LogP contribution is 2.25. The monoisotopic (exact) mass is 270 g/mol. The van der Waals surface area contributed by atoms with Gasteiger partial charge in [-0.15, -0.1) is 0 Å². The van der Waals surface area contributed by atoms with Gasteiger partial charge in [-0.3, -0.25) is 5.10 Å². The van der Waals surface area contributed by atoms with E-state index in [4.69, 9.17) is 5.73 Å². The maximum absolute atomic E-state index is 5.99. The average Bonchev–Trinajstić information content (AvgIpc) is 3.18. The van der Waals surface area contributed by atoms with E-state index in [1.54, 1.807) is 0 Å². The first kappa shape index (κ1) is 12.7. The van der Waals surface area contributed by atoms with Crippen LogP contribution in [-0.2, 0) is 6.54 Å². The van der Waals surface area contributed by atoms with E-state index in [0.29, 0.717) is 18.5 Å². The van der Waals surface area contributed by atoms with Gasteiger partial charge >= 0.3 is 0 Å². The topological polar surface area (TPSA) is 83.2 Å². The minimum atomic E-state index is 0.574. The minimum absolute atomic E-state index is 0.574. The van der Waals surface area contributed by atoms with Crippen LogP contribution in [0.5, 0.6) is 0 Å². The number of hydrogen-bond donors (Lipinski definition) is 2. The van der Waals surface area contributed by atoms with E-state index in [1.807, 2.05) is 25.2 Å². The molecule has 1 fully saturated rings. The van der Waals surface area contributed by atoms with Crippen LogP contribution in [0, 0.1) is 0 Å². The molecule has 0 aliphatic heterocycles. The Hall–Kier alpha value is -2.37. The highest BCUT2D eigenvalue weighted by atomic mass is 15.3. The second-order valence-corrected chi connectivity index (χ2v) is 5.05.